The second kappa shape index (κ2) is 14.9. The highest BCUT2D eigenvalue weighted by Crippen LogP contribution is 2.27. The number of hydrogen-bond acceptors (Lipinski definition) is 5. The summed E-state index contributed by atoms with van der Waals surface area (Å²) in [5.41, 5.74) is 1.66. The molecule has 0 saturated carbocycles. The molecule has 0 bridgehead atoms. The highest BCUT2D eigenvalue weighted by Gasteiger charge is 2.34. The van der Waals surface area contributed by atoms with Crippen molar-refractivity contribution in [1.29, 1.82) is 0 Å². The number of amides is 2. The smallest absolute Gasteiger partial charge is 0.264 e. The molecule has 1 N–H and O–H groups in total. The van der Waals surface area contributed by atoms with E-state index in [4.69, 9.17) is 16.3 Å². The molecule has 0 unspecified atom stereocenters. The first-order valence-electron chi connectivity index (χ1n) is 13.9. The Morgan fingerprint density at radius 3 is 2.18 bits per heavy atom. The van der Waals surface area contributed by atoms with E-state index in [0.29, 0.717) is 22.9 Å². The molecule has 0 heterocycles. The van der Waals surface area contributed by atoms with E-state index in [9.17, 15) is 22.4 Å². The van der Waals surface area contributed by atoms with Gasteiger partial charge in [-0.3, -0.25) is 13.9 Å². The molecule has 230 valence electrons. The van der Waals surface area contributed by atoms with E-state index in [1.165, 1.54) is 24.1 Å². The first kappa shape index (κ1) is 32.5. The van der Waals surface area contributed by atoms with Crippen LogP contribution in [-0.2, 0) is 32.6 Å². The number of benzene rings is 4. The molecule has 4 rings (SSSR count). The number of carbonyl (C=O) groups is 2. The van der Waals surface area contributed by atoms with Gasteiger partial charge >= 0.3 is 0 Å². The van der Waals surface area contributed by atoms with Crippen LogP contribution in [0.4, 0.5) is 10.1 Å². The summed E-state index contributed by atoms with van der Waals surface area (Å²) in [4.78, 5) is 28.8. The Hall–Kier alpha value is -4.41. The molecule has 4 aromatic carbocycles. The number of hydrogen-bond donors (Lipinski definition) is 1. The molecule has 0 fully saturated rings. The van der Waals surface area contributed by atoms with E-state index in [2.05, 4.69) is 5.32 Å². The van der Waals surface area contributed by atoms with Gasteiger partial charge in [0.05, 0.1) is 17.2 Å². The molecule has 1 atom stereocenters. The second-order valence-corrected chi connectivity index (χ2v) is 12.2. The Labute approximate surface area is 262 Å². The number of nitrogens with zero attached hydrogens (tertiary/aromatic N) is 2. The van der Waals surface area contributed by atoms with E-state index < -0.39 is 40.2 Å². The van der Waals surface area contributed by atoms with Crippen LogP contribution in [-0.4, -0.2) is 51.4 Å². The molecule has 0 aliphatic heterocycles. The summed E-state index contributed by atoms with van der Waals surface area (Å²) < 4.78 is 48.1. The van der Waals surface area contributed by atoms with Crippen molar-refractivity contribution in [2.45, 2.75) is 30.8 Å². The Bertz CT molecular complexity index is 1670. The van der Waals surface area contributed by atoms with E-state index in [1.807, 2.05) is 37.3 Å². The largest absolute Gasteiger partial charge is 0.494 e. The monoisotopic (exact) mass is 637 g/mol. The maximum Gasteiger partial charge on any atom is 0.264 e. The predicted octanol–water partition coefficient (Wildman–Crippen LogP) is 5.46. The molecule has 2 amide bonds. The summed E-state index contributed by atoms with van der Waals surface area (Å²) in [6, 6.07) is 25.7. The number of anilines is 1. The van der Waals surface area contributed by atoms with Gasteiger partial charge < -0.3 is 15.0 Å². The fourth-order valence-electron chi connectivity index (χ4n) is 4.69. The molecule has 0 aliphatic carbocycles. The lowest BCUT2D eigenvalue weighted by Crippen LogP contribution is -2.53. The summed E-state index contributed by atoms with van der Waals surface area (Å²) in [7, 11) is -2.88. The van der Waals surface area contributed by atoms with Crippen LogP contribution in [0.3, 0.4) is 0 Å². The Balaban J connectivity index is 1.78. The zero-order chi connectivity index (χ0) is 31.7. The molecular formula is C33H33ClFN3O5S. The third-order valence-corrected chi connectivity index (χ3v) is 8.90. The number of ether oxygens (including phenoxy) is 1. The van der Waals surface area contributed by atoms with Gasteiger partial charge in [-0.1, -0.05) is 54.1 Å². The lowest BCUT2D eigenvalue weighted by Gasteiger charge is -2.33. The van der Waals surface area contributed by atoms with Crippen LogP contribution in [0, 0.1) is 5.82 Å². The molecule has 0 aliphatic rings. The summed E-state index contributed by atoms with van der Waals surface area (Å²) in [5.74, 6) is -1.13. The quantitative estimate of drug-likeness (QED) is 0.210. The van der Waals surface area contributed by atoms with Crippen molar-refractivity contribution in [3.8, 4) is 5.75 Å². The minimum absolute atomic E-state index is 0.0158. The third-order valence-electron chi connectivity index (χ3n) is 6.88. The highest BCUT2D eigenvalue weighted by molar-refractivity contribution is 7.92. The minimum atomic E-state index is -4.36. The Morgan fingerprint density at radius 2 is 1.57 bits per heavy atom. The topological polar surface area (TPSA) is 96.0 Å². The van der Waals surface area contributed by atoms with E-state index in [1.54, 1.807) is 36.4 Å². The van der Waals surface area contributed by atoms with Crippen molar-refractivity contribution in [2.24, 2.45) is 0 Å². The van der Waals surface area contributed by atoms with Gasteiger partial charge in [0.1, 0.15) is 24.2 Å². The zero-order valence-corrected chi connectivity index (χ0v) is 25.9. The van der Waals surface area contributed by atoms with Crippen LogP contribution in [0.15, 0.2) is 108 Å². The van der Waals surface area contributed by atoms with Crippen molar-refractivity contribution in [3.05, 3.63) is 125 Å². The van der Waals surface area contributed by atoms with Crippen LogP contribution < -0.4 is 14.4 Å². The van der Waals surface area contributed by atoms with Crippen molar-refractivity contribution in [1.82, 2.24) is 10.2 Å². The van der Waals surface area contributed by atoms with Crippen LogP contribution in [0.1, 0.15) is 18.1 Å². The maximum absolute atomic E-state index is 14.3. The first-order valence-corrected chi connectivity index (χ1v) is 15.7. The summed E-state index contributed by atoms with van der Waals surface area (Å²) >= 11 is 6.24. The van der Waals surface area contributed by atoms with E-state index in [-0.39, 0.29) is 23.5 Å². The van der Waals surface area contributed by atoms with Gasteiger partial charge in [0.25, 0.3) is 10.0 Å². The molecule has 8 nitrogen and oxygen atoms in total. The molecule has 4 aromatic rings. The first-order chi connectivity index (χ1) is 21.1. The highest BCUT2D eigenvalue weighted by atomic mass is 35.5. The van der Waals surface area contributed by atoms with Crippen LogP contribution >= 0.6 is 11.6 Å². The van der Waals surface area contributed by atoms with Crippen LogP contribution in [0.2, 0.25) is 5.02 Å². The number of carbonyl (C=O) groups excluding carboxylic acids is 2. The van der Waals surface area contributed by atoms with E-state index in [0.717, 1.165) is 34.1 Å². The third kappa shape index (κ3) is 8.15. The number of nitrogens with one attached hydrogen (secondary N) is 1. The second-order valence-electron chi connectivity index (χ2n) is 9.86. The fourth-order valence-corrected chi connectivity index (χ4v) is 6.32. The van der Waals surface area contributed by atoms with Gasteiger partial charge in [0, 0.05) is 25.0 Å². The minimum Gasteiger partial charge on any atom is -0.494 e. The van der Waals surface area contributed by atoms with Gasteiger partial charge in [-0.05, 0) is 78.7 Å². The molecular weight excluding hydrogens is 605 g/mol. The molecule has 11 heteroatoms. The molecule has 0 spiro atoms. The van der Waals surface area contributed by atoms with E-state index >= 15 is 0 Å². The molecule has 0 aromatic heterocycles. The van der Waals surface area contributed by atoms with Crippen LogP contribution in [0.5, 0.6) is 5.75 Å². The maximum atomic E-state index is 14.3. The SMILES string of the molecule is CCOc1ccc(N(CC(=O)N(Cc2cccc(Cl)c2)[C@H](Cc2ccccc2)C(=O)NC)S(=O)(=O)c2ccc(F)cc2)cc1. The van der Waals surface area contributed by atoms with Crippen molar-refractivity contribution >= 4 is 39.1 Å². The Kier molecular flexibility index (Phi) is 11.0. The van der Waals surface area contributed by atoms with Gasteiger partial charge in [-0.15, -0.1) is 0 Å². The zero-order valence-electron chi connectivity index (χ0n) is 24.3. The lowest BCUT2D eigenvalue weighted by molar-refractivity contribution is -0.139. The average molecular weight is 638 g/mol. The molecule has 0 radical (unpaired) electrons. The predicted molar refractivity (Wildman–Crippen MR) is 169 cm³/mol. The lowest BCUT2D eigenvalue weighted by atomic mass is 10.0. The summed E-state index contributed by atoms with van der Waals surface area (Å²) in [5, 5.41) is 3.09. The summed E-state index contributed by atoms with van der Waals surface area (Å²) in [6.45, 7) is 1.58. The van der Waals surface area contributed by atoms with Crippen molar-refractivity contribution < 1.29 is 27.1 Å². The van der Waals surface area contributed by atoms with Crippen molar-refractivity contribution in [2.75, 3.05) is 24.5 Å². The average Bonchev–Trinajstić information content (AvgIpc) is 3.02. The standard InChI is InChI=1S/C33H33ClFN3O5S/c1-3-43-29-16-14-28(15-17-29)38(44(41,42)30-18-12-27(35)13-19-30)23-32(39)37(22-25-10-7-11-26(34)20-25)31(33(40)36-2)21-24-8-5-4-6-9-24/h4-20,31H,3,21-23H2,1-2H3,(H,36,40)/t31-/m1/s1. The van der Waals surface area contributed by atoms with Gasteiger partial charge in [0.2, 0.25) is 11.8 Å². The van der Waals surface area contributed by atoms with Gasteiger partial charge in [-0.2, -0.15) is 0 Å². The van der Waals surface area contributed by atoms with Crippen molar-refractivity contribution in [3.63, 3.8) is 0 Å². The number of sulfonamides is 1. The number of likely N-dealkylation sites (N-methyl/N-ethyl adjacent to an activating group) is 1. The molecule has 44 heavy (non-hydrogen) atoms. The van der Waals surface area contributed by atoms with Crippen LogP contribution in [0.25, 0.3) is 0 Å². The normalized spacial score (nSPS) is 11.8. The van der Waals surface area contributed by atoms with Gasteiger partial charge in [0.15, 0.2) is 0 Å². The Morgan fingerprint density at radius 1 is 0.909 bits per heavy atom. The number of halogens is 2. The van der Waals surface area contributed by atoms with Gasteiger partial charge in [-0.25, -0.2) is 12.8 Å². The number of rotatable bonds is 13. The molecule has 0 saturated heterocycles. The fraction of sp³-hybridized carbons (Fsp3) is 0.212. The summed E-state index contributed by atoms with van der Waals surface area (Å²) in [6.07, 6.45) is 0.181.